The summed E-state index contributed by atoms with van der Waals surface area (Å²) in [6.07, 6.45) is 1.39. The van der Waals surface area contributed by atoms with Gasteiger partial charge in [0.2, 0.25) is 0 Å². The molecule has 0 unspecified atom stereocenters. The average molecular weight is 623 g/mol. The fourth-order valence-electron chi connectivity index (χ4n) is 2.70. The molecule has 3 rings (SSSR count). The summed E-state index contributed by atoms with van der Waals surface area (Å²) in [6.45, 7) is -0.290. The van der Waals surface area contributed by atoms with E-state index in [9.17, 15) is 14.4 Å². The predicted molar refractivity (Wildman–Crippen MR) is 132 cm³/mol. The molecule has 166 valence electrons. The lowest BCUT2D eigenvalue weighted by molar-refractivity contribution is -0.143. The van der Waals surface area contributed by atoms with Crippen LogP contribution in [-0.2, 0) is 19.1 Å². The fourth-order valence-corrected chi connectivity index (χ4v) is 4.80. The summed E-state index contributed by atoms with van der Waals surface area (Å²) in [7, 11) is 1.25. The normalized spacial score (nSPS) is 15.1. The van der Waals surface area contributed by atoms with Gasteiger partial charge >= 0.3 is 5.97 Å². The molecular formula is C20H12Br2Cl2N2O5S. The number of anilines is 1. The zero-order valence-corrected chi connectivity index (χ0v) is 21.6. The highest BCUT2D eigenvalue weighted by molar-refractivity contribution is 9.11. The second kappa shape index (κ2) is 10.3. The van der Waals surface area contributed by atoms with Crippen molar-refractivity contribution < 1.29 is 23.9 Å². The molecule has 2 amide bonds. The zero-order chi connectivity index (χ0) is 23.6. The molecule has 2 aromatic carbocycles. The molecule has 1 aliphatic heterocycles. The van der Waals surface area contributed by atoms with Gasteiger partial charge in [0.25, 0.3) is 11.8 Å². The number of amides is 2. The highest BCUT2D eigenvalue weighted by Gasteiger charge is 2.35. The minimum absolute atomic E-state index is 0.116. The second-order valence-electron chi connectivity index (χ2n) is 6.21. The van der Waals surface area contributed by atoms with E-state index in [0.29, 0.717) is 20.3 Å². The number of benzene rings is 2. The van der Waals surface area contributed by atoms with Gasteiger partial charge in [-0.05, 0) is 80.0 Å². The summed E-state index contributed by atoms with van der Waals surface area (Å²) in [5.74, 6) is -1.52. The lowest BCUT2D eigenvalue weighted by Gasteiger charge is -2.29. The van der Waals surface area contributed by atoms with E-state index >= 15 is 0 Å². The molecule has 7 nitrogen and oxygen atoms in total. The van der Waals surface area contributed by atoms with E-state index in [0.717, 1.165) is 4.90 Å². The van der Waals surface area contributed by atoms with E-state index in [1.54, 1.807) is 30.3 Å². The number of esters is 1. The van der Waals surface area contributed by atoms with E-state index in [1.807, 2.05) is 0 Å². The maximum Gasteiger partial charge on any atom is 0.343 e. The summed E-state index contributed by atoms with van der Waals surface area (Å²) in [5.41, 5.74) is 0.572. The van der Waals surface area contributed by atoms with Gasteiger partial charge in [-0.3, -0.25) is 19.8 Å². The van der Waals surface area contributed by atoms with E-state index in [-0.39, 0.29) is 33.0 Å². The van der Waals surface area contributed by atoms with Crippen LogP contribution in [0.15, 0.2) is 44.9 Å². The van der Waals surface area contributed by atoms with Crippen molar-refractivity contribution in [2.24, 2.45) is 0 Å². The average Bonchev–Trinajstić information content (AvgIpc) is 2.73. The number of nitrogens with zero attached hydrogens (tertiary/aromatic N) is 1. The van der Waals surface area contributed by atoms with Crippen molar-refractivity contribution in [2.75, 3.05) is 18.6 Å². The van der Waals surface area contributed by atoms with Crippen LogP contribution in [0, 0.1) is 0 Å². The molecule has 0 aliphatic carbocycles. The van der Waals surface area contributed by atoms with E-state index in [1.165, 1.54) is 13.2 Å². The Morgan fingerprint density at radius 3 is 2.50 bits per heavy atom. The van der Waals surface area contributed by atoms with Gasteiger partial charge in [0.1, 0.15) is 11.3 Å². The molecule has 1 saturated heterocycles. The third kappa shape index (κ3) is 5.15. The van der Waals surface area contributed by atoms with Crippen LogP contribution in [0.5, 0.6) is 5.75 Å². The van der Waals surface area contributed by atoms with Crippen LogP contribution in [0.25, 0.3) is 6.08 Å². The molecule has 0 atom stereocenters. The third-order valence-corrected chi connectivity index (χ3v) is 6.44. The van der Waals surface area contributed by atoms with Gasteiger partial charge < -0.3 is 9.47 Å². The largest absolute Gasteiger partial charge is 0.480 e. The number of nitrogens with one attached hydrogen (secondary N) is 1. The molecule has 1 N–H and O–H groups in total. The van der Waals surface area contributed by atoms with Crippen molar-refractivity contribution in [1.82, 2.24) is 5.32 Å². The Morgan fingerprint density at radius 2 is 1.88 bits per heavy atom. The van der Waals surface area contributed by atoms with Crippen LogP contribution < -0.4 is 15.0 Å². The Hall–Kier alpha value is -1.98. The van der Waals surface area contributed by atoms with Crippen LogP contribution in [0.1, 0.15) is 5.56 Å². The standard InChI is InChI=1S/C20H12Br2Cl2N2O5S/c1-30-15(27)8-31-17-11(21)6-9(7-12(17)22)5-10-18(28)25-20(32)26(19(10)29)14-4-2-3-13(23)16(14)24/h2-7H,8H2,1H3,(H,25,28,32)/b10-5+. The molecule has 0 spiro atoms. The van der Waals surface area contributed by atoms with Crippen molar-refractivity contribution in [3.8, 4) is 5.75 Å². The van der Waals surface area contributed by atoms with Crippen LogP contribution in [0.4, 0.5) is 5.69 Å². The molecule has 0 saturated carbocycles. The van der Waals surface area contributed by atoms with Gasteiger partial charge in [0.15, 0.2) is 11.7 Å². The molecule has 1 fully saturated rings. The molecule has 0 radical (unpaired) electrons. The first-order chi connectivity index (χ1) is 15.1. The molecule has 32 heavy (non-hydrogen) atoms. The molecule has 0 bridgehead atoms. The fraction of sp³-hybridized carbons (Fsp3) is 0.100. The Bertz CT molecular complexity index is 1170. The number of hydrogen-bond acceptors (Lipinski definition) is 6. The highest BCUT2D eigenvalue weighted by atomic mass is 79.9. The Labute approximate surface area is 214 Å². The smallest absolute Gasteiger partial charge is 0.343 e. The lowest BCUT2D eigenvalue weighted by Crippen LogP contribution is -2.54. The summed E-state index contributed by atoms with van der Waals surface area (Å²) in [6, 6.07) is 7.98. The van der Waals surface area contributed by atoms with Crippen LogP contribution in [-0.4, -0.2) is 36.6 Å². The third-order valence-electron chi connectivity index (χ3n) is 4.17. The topological polar surface area (TPSA) is 84.9 Å². The monoisotopic (exact) mass is 620 g/mol. The minimum atomic E-state index is -0.666. The van der Waals surface area contributed by atoms with Crippen molar-refractivity contribution in [3.05, 3.63) is 60.5 Å². The quantitative estimate of drug-likeness (QED) is 0.221. The number of hydrogen-bond donors (Lipinski definition) is 1. The molecule has 1 heterocycles. The summed E-state index contributed by atoms with van der Waals surface area (Å²) < 4.78 is 11.0. The highest BCUT2D eigenvalue weighted by Crippen LogP contribution is 2.37. The molecule has 1 aliphatic rings. The van der Waals surface area contributed by atoms with Crippen molar-refractivity contribution in [2.45, 2.75) is 0 Å². The number of halogens is 4. The van der Waals surface area contributed by atoms with Gasteiger partial charge in [-0.25, -0.2) is 4.79 Å². The first-order valence-electron chi connectivity index (χ1n) is 8.68. The Morgan fingerprint density at radius 1 is 1.22 bits per heavy atom. The second-order valence-corrected chi connectivity index (χ2v) is 9.09. The summed E-state index contributed by atoms with van der Waals surface area (Å²) in [5, 5.41) is 2.72. The van der Waals surface area contributed by atoms with Crippen LogP contribution in [0.2, 0.25) is 10.0 Å². The molecule has 0 aromatic heterocycles. The number of carbonyl (C=O) groups is 3. The number of methoxy groups -OCH3 is 1. The number of rotatable bonds is 5. The summed E-state index contributed by atoms with van der Waals surface area (Å²) in [4.78, 5) is 38.1. The van der Waals surface area contributed by atoms with Crippen LogP contribution in [0.3, 0.4) is 0 Å². The van der Waals surface area contributed by atoms with Gasteiger partial charge in [0, 0.05) is 0 Å². The van der Waals surface area contributed by atoms with Gasteiger partial charge in [-0.1, -0.05) is 29.3 Å². The van der Waals surface area contributed by atoms with E-state index in [2.05, 4.69) is 41.9 Å². The lowest BCUT2D eigenvalue weighted by atomic mass is 10.1. The SMILES string of the molecule is COC(=O)COc1c(Br)cc(/C=C2\C(=O)NC(=S)N(c3cccc(Cl)c3Cl)C2=O)cc1Br. The number of carbonyl (C=O) groups excluding carboxylic acids is 3. The maximum atomic E-state index is 13.2. The minimum Gasteiger partial charge on any atom is -0.480 e. The van der Waals surface area contributed by atoms with Gasteiger partial charge in [-0.2, -0.15) is 0 Å². The van der Waals surface area contributed by atoms with Crippen molar-refractivity contribution >= 4 is 102 Å². The first kappa shape index (κ1) is 24.7. The Balaban J connectivity index is 1.97. The van der Waals surface area contributed by atoms with Gasteiger partial charge in [0.05, 0.1) is 31.8 Å². The molecular weight excluding hydrogens is 611 g/mol. The van der Waals surface area contributed by atoms with Crippen LogP contribution >= 0.6 is 67.3 Å². The van der Waals surface area contributed by atoms with Crippen molar-refractivity contribution in [1.29, 1.82) is 0 Å². The molecule has 12 heteroatoms. The molecule has 2 aromatic rings. The number of ether oxygens (including phenoxy) is 2. The zero-order valence-electron chi connectivity index (χ0n) is 16.1. The summed E-state index contributed by atoms with van der Waals surface area (Å²) >= 11 is 24.2. The Kier molecular flexibility index (Phi) is 7.94. The van der Waals surface area contributed by atoms with E-state index < -0.39 is 17.8 Å². The van der Waals surface area contributed by atoms with E-state index in [4.69, 9.17) is 40.2 Å². The number of thiocarbonyl (C=S) groups is 1. The van der Waals surface area contributed by atoms with Crippen molar-refractivity contribution in [3.63, 3.8) is 0 Å². The van der Waals surface area contributed by atoms with Gasteiger partial charge in [-0.15, -0.1) is 0 Å². The first-order valence-corrected chi connectivity index (χ1v) is 11.4. The predicted octanol–water partition coefficient (Wildman–Crippen LogP) is 4.90. The maximum absolute atomic E-state index is 13.2.